The van der Waals surface area contributed by atoms with Crippen molar-refractivity contribution in [3.05, 3.63) is 47.3 Å². The highest BCUT2D eigenvalue weighted by molar-refractivity contribution is 5.96. The van der Waals surface area contributed by atoms with E-state index < -0.39 is 0 Å². The van der Waals surface area contributed by atoms with Crippen molar-refractivity contribution < 1.29 is 14.3 Å². The molecular formula is C27H30N6O3. The smallest absolute Gasteiger partial charge is 0.254 e. The van der Waals surface area contributed by atoms with Crippen molar-refractivity contribution in [2.45, 2.75) is 45.2 Å². The molecule has 9 nitrogen and oxygen atoms in total. The molecule has 6 rings (SSSR count). The molecular weight excluding hydrogens is 456 g/mol. The number of pyridine rings is 2. The van der Waals surface area contributed by atoms with Gasteiger partial charge in [-0.1, -0.05) is 0 Å². The molecule has 4 aromatic heterocycles. The normalized spacial score (nSPS) is 18.2. The van der Waals surface area contributed by atoms with Gasteiger partial charge in [-0.3, -0.25) is 14.0 Å². The average molecular weight is 487 g/mol. The number of imidazole rings is 1. The van der Waals surface area contributed by atoms with Crippen molar-refractivity contribution >= 4 is 28.9 Å². The van der Waals surface area contributed by atoms with Crippen molar-refractivity contribution in [3.63, 3.8) is 0 Å². The van der Waals surface area contributed by atoms with E-state index >= 15 is 0 Å². The number of carbonyl (C=O) groups excluding carboxylic acids is 2. The molecule has 1 aliphatic heterocycles. The van der Waals surface area contributed by atoms with Gasteiger partial charge < -0.3 is 19.9 Å². The van der Waals surface area contributed by atoms with E-state index in [4.69, 9.17) is 15.5 Å². The number of ether oxygens (including phenoxy) is 1. The Hall–Kier alpha value is -3.72. The van der Waals surface area contributed by atoms with Crippen molar-refractivity contribution in [1.82, 2.24) is 23.8 Å². The Labute approximate surface area is 208 Å². The number of aromatic nitrogens is 4. The van der Waals surface area contributed by atoms with Crippen molar-refractivity contribution in [2.75, 3.05) is 20.2 Å². The number of likely N-dealkylation sites (tertiary alicyclic amines) is 1. The standard InChI is InChI=1S/C27H30N6O3/c1-16-25(22-10-18-7-8-21(15-34)29-26(18)32(22)13-17-5-6-17)30-23-11-19(12-24(36-2)33(16)23)27(35)31-9-3-4-20(28)14-31/h7-8,10-12,15,17,20H,3-6,9,13-14,28H2,1-2H3. The predicted octanol–water partition coefficient (Wildman–Crippen LogP) is 3.45. The Bertz CT molecular complexity index is 1500. The van der Waals surface area contributed by atoms with Gasteiger partial charge in [0.2, 0.25) is 0 Å². The molecule has 2 N–H and O–H groups in total. The first-order valence-electron chi connectivity index (χ1n) is 12.5. The van der Waals surface area contributed by atoms with Crippen LogP contribution >= 0.6 is 0 Å². The first kappa shape index (κ1) is 22.7. The molecule has 0 spiro atoms. The Morgan fingerprint density at radius 1 is 1.19 bits per heavy atom. The second-order valence-corrected chi connectivity index (χ2v) is 10.0. The fourth-order valence-electron chi connectivity index (χ4n) is 5.32. The summed E-state index contributed by atoms with van der Waals surface area (Å²) >= 11 is 0. The Kier molecular flexibility index (Phi) is 5.52. The van der Waals surface area contributed by atoms with Crippen LogP contribution in [0, 0.1) is 12.8 Å². The van der Waals surface area contributed by atoms with E-state index in [1.165, 1.54) is 12.8 Å². The van der Waals surface area contributed by atoms with Gasteiger partial charge in [0, 0.05) is 42.7 Å². The maximum Gasteiger partial charge on any atom is 0.254 e. The summed E-state index contributed by atoms with van der Waals surface area (Å²) in [5, 5.41) is 0.969. The molecule has 2 fully saturated rings. The van der Waals surface area contributed by atoms with E-state index in [0.29, 0.717) is 41.8 Å². The summed E-state index contributed by atoms with van der Waals surface area (Å²) in [7, 11) is 1.61. The summed E-state index contributed by atoms with van der Waals surface area (Å²) in [4.78, 5) is 36.1. The number of carbonyl (C=O) groups is 2. The van der Waals surface area contributed by atoms with Gasteiger partial charge in [-0.2, -0.15) is 0 Å². The third-order valence-electron chi connectivity index (χ3n) is 7.39. The van der Waals surface area contributed by atoms with Gasteiger partial charge in [-0.25, -0.2) is 9.97 Å². The van der Waals surface area contributed by atoms with Crippen LogP contribution in [0.5, 0.6) is 5.88 Å². The van der Waals surface area contributed by atoms with Crippen LogP contribution in [0.3, 0.4) is 0 Å². The minimum atomic E-state index is -0.0541. The molecule has 4 aromatic rings. The molecule has 9 heteroatoms. The molecule has 1 atom stereocenters. The number of amides is 1. The maximum absolute atomic E-state index is 13.3. The van der Waals surface area contributed by atoms with Crippen LogP contribution in [0.15, 0.2) is 30.3 Å². The lowest BCUT2D eigenvalue weighted by atomic mass is 10.1. The van der Waals surface area contributed by atoms with E-state index in [0.717, 1.165) is 53.8 Å². The van der Waals surface area contributed by atoms with Gasteiger partial charge in [-0.05, 0) is 62.8 Å². The average Bonchev–Trinajstić information content (AvgIpc) is 3.56. The zero-order chi connectivity index (χ0) is 25.0. The first-order chi connectivity index (χ1) is 17.5. The van der Waals surface area contributed by atoms with Crippen molar-refractivity contribution in [2.24, 2.45) is 11.7 Å². The zero-order valence-corrected chi connectivity index (χ0v) is 20.6. The van der Waals surface area contributed by atoms with E-state index in [1.807, 2.05) is 28.4 Å². The third-order valence-corrected chi connectivity index (χ3v) is 7.39. The van der Waals surface area contributed by atoms with E-state index in [1.54, 1.807) is 19.2 Å². The lowest BCUT2D eigenvalue weighted by Crippen LogP contribution is -2.45. The molecule has 186 valence electrons. The molecule has 0 bridgehead atoms. The quantitative estimate of drug-likeness (QED) is 0.418. The molecule has 5 heterocycles. The van der Waals surface area contributed by atoms with Gasteiger partial charge in [0.05, 0.1) is 18.5 Å². The van der Waals surface area contributed by atoms with Crippen molar-refractivity contribution in [3.8, 4) is 17.3 Å². The van der Waals surface area contributed by atoms with Gasteiger partial charge in [-0.15, -0.1) is 0 Å². The highest BCUT2D eigenvalue weighted by Gasteiger charge is 2.28. The minimum Gasteiger partial charge on any atom is -0.482 e. The van der Waals surface area contributed by atoms with E-state index in [-0.39, 0.29) is 11.9 Å². The molecule has 1 saturated carbocycles. The molecule has 1 saturated heterocycles. The number of nitrogens with zero attached hydrogens (tertiary/aromatic N) is 5. The summed E-state index contributed by atoms with van der Waals surface area (Å²) in [5.41, 5.74) is 11.2. The summed E-state index contributed by atoms with van der Waals surface area (Å²) in [6.45, 7) is 4.10. The largest absolute Gasteiger partial charge is 0.482 e. The number of hydrogen-bond acceptors (Lipinski definition) is 6. The third kappa shape index (κ3) is 3.83. The van der Waals surface area contributed by atoms with Gasteiger partial charge in [0.25, 0.3) is 5.91 Å². The predicted molar refractivity (Wildman–Crippen MR) is 136 cm³/mol. The molecule has 2 aliphatic rings. The lowest BCUT2D eigenvalue weighted by molar-refractivity contribution is 0.0708. The number of aryl methyl sites for hydroxylation is 1. The Morgan fingerprint density at radius 3 is 2.75 bits per heavy atom. The highest BCUT2D eigenvalue weighted by atomic mass is 16.5. The molecule has 0 radical (unpaired) electrons. The number of fused-ring (bicyclic) bond motifs is 2. The molecule has 0 aromatic carbocycles. The van der Waals surface area contributed by atoms with Crippen LogP contribution < -0.4 is 10.5 Å². The second kappa shape index (κ2) is 8.74. The fraction of sp³-hybridized carbons (Fsp3) is 0.407. The minimum absolute atomic E-state index is 0.00956. The number of methoxy groups -OCH3 is 1. The Balaban J connectivity index is 1.48. The summed E-state index contributed by atoms with van der Waals surface area (Å²) < 4.78 is 9.85. The van der Waals surface area contributed by atoms with Crippen molar-refractivity contribution in [1.29, 1.82) is 0 Å². The lowest BCUT2D eigenvalue weighted by Gasteiger charge is -2.30. The monoisotopic (exact) mass is 486 g/mol. The van der Waals surface area contributed by atoms with Crippen LogP contribution in [0.2, 0.25) is 0 Å². The topological polar surface area (TPSA) is 108 Å². The molecule has 1 aliphatic carbocycles. The van der Waals surface area contributed by atoms with E-state index in [9.17, 15) is 9.59 Å². The van der Waals surface area contributed by atoms with Crippen LogP contribution in [-0.2, 0) is 6.54 Å². The Morgan fingerprint density at radius 2 is 2.03 bits per heavy atom. The molecule has 1 amide bonds. The molecule has 1 unspecified atom stereocenters. The first-order valence-corrected chi connectivity index (χ1v) is 12.5. The maximum atomic E-state index is 13.3. The van der Waals surface area contributed by atoms with Crippen LogP contribution in [-0.4, -0.2) is 62.3 Å². The van der Waals surface area contributed by atoms with Gasteiger partial charge in [0.15, 0.2) is 12.2 Å². The molecule has 36 heavy (non-hydrogen) atoms. The van der Waals surface area contributed by atoms with Crippen LogP contribution in [0.4, 0.5) is 0 Å². The van der Waals surface area contributed by atoms with Crippen LogP contribution in [0.25, 0.3) is 28.1 Å². The number of piperidine rings is 1. The summed E-state index contributed by atoms with van der Waals surface area (Å²) in [6.07, 6.45) is 5.01. The van der Waals surface area contributed by atoms with Gasteiger partial charge >= 0.3 is 0 Å². The number of rotatable bonds is 6. The highest BCUT2D eigenvalue weighted by Crippen LogP contribution is 2.37. The number of hydrogen-bond donors (Lipinski definition) is 1. The van der Waals surface area contributed by atoms with Gasteiger partial charge in [0.1, 0.15) is 22.7 Å². The zero-order valence-electron chi connectivity index (χ0n) is 20.6. The SMILES string of the molecule is COc1cc(C(=O)N2CCCC(N)C2)cc2nc(-c3cc4ccc(C=O)nc4n3CC3CC3)c(C)n12. The number of nitrogens with two attached hydrogens (primary N) is 1. The van der Waals surface area contributed by atoms with Crippen LogP contribution in [0.1, 0.15) is 52.2 Å². The summed E-state index contributed by atoms with van der Waals surface area (Å²) in [5.74, 6) is 1.11. The van der Waals surface area contributed by atoms with E-state index in [2.05, 4.69) is 15.6 Å². The second-order valence-electron chi connectivity index (χ2n) is 10.0. The fourth-order valence-corrected chi connectivity index (χ4v) is 5.32. The number of aldehydes is 1. The summed E-state index contributed by atoms with van der Waals surface area (Å²) in [6, 6.07) is 9.39.